The normalized spacial score (nSPS) is 10.1. The molecule has 2 aromatic carbocycles. The average Bonchev–Trinajstić information content (AvgIpc) is 2.47. The highest BCUT2D eigenvalue weighted by molar-refractivity contribution is 5.34. The van der Waals surface area contributed by atoms with Crippen molar-refractivity contribution in [2.75, 3.05) is 0 Å². The first-order valence-electron chi connectivity index (χ1n) is 5.94. The molecule has 0 saturated carbocycles. The lowest BCUT2D eigenvalue weighted by Gasteiger charge is -2.09. The van der Waals surface area contributed by atoms with E-state index in [0.29, 0.717) is 11.1 Å². The van der Waals surface area contributed by atoms with Crippen LogP contribution >= 0.6 is 0 Å². The van der Waals surface area contributed by atoms with Crippen molar-refractivity contribution in [1.29, 1.82) is 5.26 Å². The van der Waals surface area contributed by atoms with E-state index in [1.54, 1.807) is 6.07 Å². The maximum absolute atomic E-state index is 13.7. The van der Waals surface area contributed by atoms with Gasteiger partial charge >= 0.3 is 0 Å². The van der Waals surface area contributed by atoms with Crippen molar-refractivity contribution in [3.05, 3.63) is 64.7 Å². The maximum Gasteiger partial charge on any atom is 0.165 e. The zero-order chi connectivity index (χ0) is 14.5. The van der Waals surface area contributed by atoms with Crippen molar-refractivity contribution in [2.45, 2.75) is 13.2 Å². The Kier molecular flexibility index (Phi) is 4.28. The number of rotatable bonds is 4. The topological polar surface area (TPSA) is 59.0 Å². The van der Waals surface area contributed by atoms with Crippen LogP contribution in [0.5, 0.6) is 5.75 Å². The number of ether oxygens (including phenoxy) is 1. The summed E-state index contributed by atoms with van der Waals surface area (Å²) >= 11 is 0. The Hall–Kier alpha value is -2.45. The lowest BCUT2D eigenvalue weighted by atomic mass is 10.1. The highest BCUT2D eigenvalue weighted by Gasteiger charge is 2.08. The molecule has 0 spiro atoms. The van der Waals surface area contributed by atoms with Gasteiger partial charge < -0.3 is 10.5 Å². The van der Waals surface area contributed by atoms with Gasteiger partial charge in [0.25, 0.3) is 0 Å². The molecule has 102 valence electrons. The molecule has 2 aromatic rings. The Morgan fingerprint density at radius 3 is 2.55 bits per heavy atom. The van der Waals surface area contributed by atoms with E-state index < -0.39 is 11.6 Å². The highest BCUT2D eigenvalue weighted by atomic mass is 19.1. The van der Waals surface area contributed by atoms with Crippen LogP contribution in [0.4, 0.5) is 8.78 Å². The van der Waals surface area contributed by atoms with Crippen LogP contribution in [-0.2, 0) is 13.2 Å². The Morgan fingerprint density at radius 1 is 1.10 bits per heavy atom. The van der Waals surface area contributed by atoms with Crippen LogP contribution in [0.25, 0.3) is 0 Å². The second-order valence-corrected chi connectivity index (χ2v) is 4.18. The molecule has 2 N–H and O–H groups in total. The summed E-state index contributed by atoms with van der Waals surface area (Å²) in [6, 6.07) is 10.2. The maximum atomic E-state index is 13.7. The summed E-state index contributed by atoms with van der Waals surface area (Å²) < 4.78 is 32.4. The fourth-order valence-corrected chi connectivity index (χ4v) is 1.70. The van der Waals surface area contributed by atoms with Crippen LogP contribution in [0, 0.1) is 23.0 Å². The van der Waals surface area contributed by atoms with Crippen LogP contribution < -0.4 is 10.5 Å². The van der Waals surface area contributed by atoms with E-state index in [4.69, 9.17) is 15.7 Å². The molecule has 0 aromatic heterocycles. The third-order valence-corrected chi connectivity index (χ3v) is 2.79. The Morgan fingerprint density at radius 2 is 1.90 bits per heavy atom. The summed E-state index contributed by atoms with van der Waals surface area (Å²) in [6.07, 6.45) is 0. The third-order valence-electron chi connectivity index (χ3n) is 2.79. The van der Waals surface area contributed by atoms with E-state index in [-0.39, 0.29) is 24.5 Å². The van der Waals surface area contributed by atoms with Gasteiger partial charge in [0.05, 0.1) is 11.6 Å². The largest absolute Gasteiger partial charge is 0.486 e. The molecule has 0 fully saturated rings. The van der Waals surface area contributed by atoms with E-state index in [2.05, 4.69) is 0 Å². The van der Waals surface area contributed by atoms with Gasteiger partial charge in [0.2, 0.25) is 0 Å². The van der Waals surface area contributed by atoms with Gasteiger partial charge in [-0.25, -0.2) is 8.78 Å². The van der Waals surface area contributed by atoms with Gasteiger partial charge in [-0.15, -0.1) is 0 Å². The smallest absolute Gasteiger partial charge is 0.165 e. The number of halogens is 2. The monoisotopic (exact) mass is 274 g/mol. The van der Waals surface area contributed by atoms with Crippen molar-refractivity contribution >= 4 is 0 Å². The zero-order valence-electron chi connectivity index (χ0n) is 10.6. The highest BCUT2D eigenvalue weighted by Crippen LogP contribution is 2.20. The quantitative estimate of drug-likeness (QED) is 0.932. The Balaban J connectivity index is 2.15. The molecule has 0 amide bonds. The molecule has 2 rings (SSSR count). The first kappa shape index (κ1) is 14.0. The lowest BCUT2D eigenvalue weighted by molar-refractivity contribution is 0.284. The predicted octanol–water partition coefficient (Wildman–Crippen LogP) is 2.87. The van der Waals surface area contributed by atoms with Crippen LogP contribution in [0.15, 0.2) is 36.4 Å². The standard InChI is InChI=1S/C15H12F2N2O/c16-13-3-1-10(7-18)5-12(13)9-20-15-4-2-11(8-19)6-14(15)17/h1-6H,8-9,19H2. The average molecular weight is 274 g/mol. The van der Waals surface area contributed by atoms with E-state index in [0.717, 1.165) is 0 Å². The van der Waals surface area contributed by atoms with Crippen LogP contribution in [0.1, 0.15) is 16.7 Å². The minimum absolute atomic E-state index is 0.0176. The third kappa shape index (κ3) is 3.11. The number of hydrogen-bond donors (Lipinski definition) is 1. The van der Waals surface area contributed by atoms with E-state index >= 15 is 0 Å². The summed E-state index contributed by atoms with van der Waals surface area (Å²) in [6.45, 7) is 0.0797. The van der Waals surface area contributed by atoms with Crippen LogP contribution in [0.3, 0.4) is 0 Å². The van der Waals surface area contributed by atoms with Crippen molar-refractivity contribution in [3.8, 4) is 11.8 Å². The molecule has 0 aliphatic rings. The van der Waals surface area contributed by atoms with Crippen LogP contribution in [-0.4, -0.2) is 0 Å². The van der Waals surface area contributed by atoms with Gasteiger partial charge in [-0.1, -0.05) is 6.07 Å². The summed E-state index contributed by atoms with van der Waals surface area (Å²) in [5, 5.41) is 8.75. The molecule has 0 atom stereocenters. The summed E-state index contributed by atoms with van der Waals surface area (Å²) in [7, 11) is 0. The Bertz CT molecular complexity index is 665. The molecular formula is C15H12F2N2O. The van der Waals surface area contributed by atoms with E-state index in [1.807, 2.05) is 6.07 Å². The second kappa shape index (κ2) is 6.13. The zero-order valence-corrected chi connectivity index (χ0v) is 10.6. The van der Waals surface area contributed by atoms with Gasteiger partial charge in [-0.2, -0.15) is 5.26 Å². The minimum atomic E-state index is -0.551. The molecule has 5 heteroatoms. The molecular weight excluding hydrogens is 262 g/mol. The summed E-state index contributed by atoms with van der Waals surface area (Å²) in [5.74, 6) is -1.03. The number of nitriles is 1. The summed E-state index contributed by atoms with van der Waals surface area (Å²) in [4.78, 5) is 0. The number of hydrogen-bond acceptors (Lipinski definition) is 3. The number of nitrogens with zero attached hydrogens (tertiary/aromatic N) is 1. The van der Waals surface area contributed by atoms with Crippen LogP contribution in [0.2, 0.25) is 0 Å². The number of benzene rings is 2. The van der Waals surface area contributed by atoms with Gasteiger partial charge in [-0.05, 0) is 35.9 Å². The van der Waals surface area contributed by atoms with Crippen molar-refractivity contribution in [1.82, 2.24) is 0 Å². The molecule has 0 aliphatic heterocycles. The second-order valence-electron chi connectivity index (χ2n) is 4.18. The SMILES string of the molecule is N#Cc1ccc(F)c(COc2ccc(CN)cc2F)c1. The fourth-order valence-electron chi connectivity index (χ4n) is 1.70. The number of nitrogens with two attached hydrogens (primary N) is 1. The summed E-state index contributed by atoms with van der Waals surface area (Å²) in [5.41, 5.74) is 6.57. The first-order chi connectivity index (χ1) is 9.63. The molecule has 0 aliphatic carbocycles. The molecule has 0 heterocycles. The molecule has 0 saturated heterocycles. The molecule has 20 heavy (non-hydrogen) atoms. The van der Waals surface area contributed by atoms with E-state index in [9.17, 15) is 8.78 Å². The van der Waals surface area contributed by atoms with Crippen molar-refractivity contribution in [2.24, 2.45) is 5.73 Å². The van der Waals surface area contributed by atoms with Crippen molar-refractivity contribution in [3.63, 3.8) is 0 Å². The van der Waals surface area contributed by atoms with Gasteiger partial charge in [-0.3, -0.25) is 0 Å². The minimum Gasteiger partial charge on any atom is -0.486 e. The van der Waals surface area contributed by atoms with E-state index in [1.165, 1.54) is 30.3 Å². The lowest BCUT2D eigenvalue weighted by Crippen LogP contribution is -2.02. The van der Waals surface area contributed by atoms with Crippen molar-refractivity contribution < 1.29 is 13.5 Å². The van der Waals surface area contributed by atoms with Gasteiger partial charge in [0.1, 0.15) is 12.4 Å². The molecule has 0 radical (unpaired) electrons. The first-order valence-corrected chi connectivity index (χ1v) is 5.94. The van der Waals surface area contributed by atoms with Gasteiger partial charge in [0.15, 0.2) is 11.6 Å². The molecule has 3 nitrogen and oxygen atoms in total. The predicted molar refractivity (Wildman–Crippen MR) is 69.7 cm³/mol. The fraction of sp³-hybridized carbons (Fsp3) is 0.133. The van der Waals surface area contributed by atoms with Gasteiger partial charge in [0, 0.05) is 12.1 Å². The molecule has 0 unspecified atom stereocenters. The molecule has 0 bridgehead atoms. The Labute approximate surface area is 115 Å².